The zero-order valence-electron chi connectivity index (χ0n) is 25.0. The summed E-state index contributed by atoms with van der Waals surface area (Å²) in [5, 5.41) is 5.11. The minimum absolute atomic E-state index is 0.0477. The molecule has 3 heterocycles. The molecule has 13 nitrogen and oxygen atoms in total. The fourth-order valence-electron chi connectivity index (χ4n) is 5.21. The average molecular weight is 593 g/mol. The van der Waals surface area contributed by atoms with Gasteiger partial charge in [-0.1, -0.05) is 38.2 Å². The Balaban J connectivity index is 1.44. The molecule has 1 unspecified atom stereocenters. The summed E-state index contributed by atoms with van der Waals surface area (Å²) in [6, 6.07) is 2.14. The minimum atomic E-state index is -0.999. The third-order valence-corrected chi connectivity index (χ3v) is 7.65. The van der Waals surface area contributed by atoms with E-state index in [1.807, 2.05) is 0 Å². The van der Waals surface area contributed by atoms with Gasteiger partial charge in [0.25, 0.3) is 5.56 Å². The van der Waals surface area contributed by atoms with Gasteiger partial charge < -0.3 is 29.8 Å². The first kappa shape index (κ1) is 31.4. The van der Waals surface area contributed by atoms with E-state index in [-0.39, 0.29) is 24.6 Å². The Kier molecular flexibility index (Phi) is 11.0. The Morgan fingerprint density at radius 2 is 2.00 bits per heavy atom. The van der Waals surface area contributed by atoms with E-state index in [1.165, 1.54) is 67.2 Å². The molecule has 4 rings (SSSR count). The molecule has 3 aromatic heterocycles. The molecule has 1 saturated carbocycles. The van der Waals surface area contributed by atoms with Crippen LogP contribution in [0.4, 0.5) is 10.5 Å². The van der Waals surface area contributed by atoms with Crippen molar-refractivity contribution >= 4 is 34.8 Å². The lowest BCUT2D eigenvalue weighted by atomic mass is 9.86. The lowest BCUT2D eigenvalue weighted by Crippen LogP contribution is -2.44. The predicted molar refractivity (Wildman–Crippen MR) is 161 cm³/mol. The summed E-state index contributed by atoms with van der Waals surface area (Å²) in [7, 11) is 4.46. The minimum Gasteiger partial charge on any atom is -0.453 e. The normalized spacial score (nSPS) is 14.5. The Morgan fingerprint density at radius 3 is 2.74 bits per heavy atom. The molecule has 3 amide bonds. The Morgan fingerprint density at radius 1 is 1.21 bits per heavy atom. The largest absolute Gasteiger partial charge is 0.453 e. The molecule has 1 aliphatic carbocycles. The number of ether oxygens (including phenoxy) is 1. The number of nitrogens with zero attached hydrogens (tertiary/aromatic N) is 5. The summed E-state index contributed by atoms with van der Waals surface area (Å²) in [6.45, 7) is 0.134. The highest BCUT2D eigenvalue weighted by molar-refractivity contribution is 5.96. The molecule has 0 saturated heterocycles. The van der Waals surface area contributed by atoms with Crippen molar-refractivity contribution in [3.8, 4) is 0 Å². The number of aromatic nitrogens is 5. The topological polar surface area (TPSA) is 164 Å². The van der Waals surface area contributed by atoms with Crippen molar-refractivity contribution in [2.75, 3.05) is 26.5 Å². The van der Waals surface area contributed by atoms with Gasteiger partial charge in [0.2, 0.25) is 11.8 Å². The van der Waals surface area contributed by atoms with Crippen LogP contribution in [0, 0.1) is 5.92 Å². The summed E-state index contributed by atoms with van der Waals surface area (Å²) in [4.78, 5) is 68.1. The van der Waals surface area contributed by atoms with Crippen LogP contribution >= 0.6 is 0 Å². The predicted octanol–water partition coefficient (Wildman–Crippen LogP) is 3.16. The number of likely N-dealkylation sites (N-methyl/N-ethyl adjacent to an activating group) is 1. The van der Waals surface area contributed by atoms with E-state index in [2.05, 4.69) is 35.3 Å². The molecule has 1 fully saturated rings. The van der Waals surface area contributed by atoms with E-state index in [1.54, 1.807) is 32.4 Å². The van der Waals surface area contributed by atoms with E-state index < -0.39 is 23.6 Å². The second-order valence-electron chi connectivity index (χ2n) is 11.0. The number of hydrogen-bond acceptors (Lipinski definition) is 8. The Hall–Kier alpha value is -4.55. The van der Waals surface area contributed by atoms with E-state index in [4.69, 9.17) is 0 Å². The van der Waals surface area contributed by atoms with Crippen LogP contribution in [0.1, 0.15) is 62.9 Å². The zero-order valence-corrected chi connectivity index (χ0v) is 25.0. The SMILES string of the molecule is COC(=O)NC(CC/C=C/C(=O)N(C)C)C(=O)Nc1cccn(Cc2nc3ncnc(CCC4CCCCC4)c3[nH]2)c1=O. The highest BCUT2D eigenvalue weighted by atomic mass is 16.5. The molecule has 1 aliphatic rings. The molecule has 3 aromatic rings. The van der Waals surface area contributed by atoms with Gasteiger partial charge >= 0.3 is 6.09 Å². The number of carbonyl (C=O) groups excluding carboxylic acids is 3. The van der Waals surface area contributed by atoms with Crippen LogP contribution in [0.2, 0.25) is 0 Å². The number of carbonyl (C=O) groups is 3. The number of rotatable bonds is 12. The van der Waals surface area contributed by atoms with Gasteiger partial charge in [-0.3, -0.25) is 14.4 Å². The molecular formula is C30H40N8O5. The number of fused-ring (bicyclic) bond motifs is 1. The standard InChI is InChI=1S/C30H40N8O5/c1-37(2)25(39)14-8-7-12-22(34-30(42)43-3)28(40)33-23-13-9-17-38(29(23)41)18-24-35-26-21(31-19-32-27(26)36-24)16-15-20-10-5-4-6-11-20/h8-9,13-14,17,19-20,22H,4-7,10-12,15-16,18H2,1-3H3,(H,33,40)(H,34,42)(H,31,32,35,36)/b14-8+. The van der Waals surface area contributed by atoms with Crippen LogP contribution in [0.5, 0.6) is 0 Å². The first-order valence-corrected chi connectivity index (χ1v) is 14.7. The number of imidazole rings is 1. The maximum Gasteiger partial charge on any atom is 0.407 e. The van der Waals surface area contributed by atoms with Crippen LogP contribution in [-0.2, 0) is 27.3 Å². The second-order valence-corrected chi connectivity index (χ2v) is 11.0. The smallest absolute Gasteiger partial charge is 0.407 e. The Labute approximate surface area is 250 Å². The second kappa shape index (κ2) is 15.1. The van der Waals surface area contributed by atoms with Crippen LogP contribution in [0.25, 0.3) is 11.2 Å². The van der Waals surface area contributed by atoms with Gasteiger partial charge in [-0.2, -0.15) is 0 Å². The number of nitrogens with one attached hydrogen (secondary N) is 3. The number of hydrogen-bond donors (Lipinski definition) is 3. The third kappa shape index (κ3) is 8.72. The molecule has 43 heavy (non-hydrogen) atoms. The molecule has 0 aromatic carbocycles. The monoisotopic (exact) mass is 592 g/mol. The zero-order chi connectivity index (χ0) is 30.8. The van der Waals surface area contributed by atoms with E-state index in [9.17, 15) is 19.2 Å². The van der Waals surface area contributed by atoms with Gasteiger partial charge in [-0.25, -0.2) is 19.7 Å². The van der Waals surface area contributed by atoms with Gasteiger partial charge in [0.05, 0.1) is 19.3 Å². The Bertz CT molecular complexity index is 1510. The number of aryl methyl sites for hydroxylation is 1. The number of H-pyrrole nitrogens is 1. The molecule has 230 valence electrons. The summed E-state index contributed by atoms with van der Waals surface area (Å²) in [5.74, 6) is 0.487. The number of anilines is 1. The first-order valence-electron chi connectivity index (χ1n) is 14.7. The van der Waals surface area contributed by atoms with E-state index >= 15 is 0 Å². The van der Waals surface area contributed by atoms with Gasteiger partial charge in [-0.15, -0.1) is 0 Å². The number of allylic oxidation sites excluding steroid dienone is 1. The van der Waals surface area contributed by atoms with Gasteiger partial charge in [0, 0.05) is 20.3 Å². The third-order valence-electron chi connectivity index (χ3n) is 7.65. The number of alkyl carbamates (subject to hydrolysis) is 1. The summed E-state index contributed by atoms with van der Waals surface area (Å²) in [5.41, 5.74) is 1.87. The molecular weight excluding hydrogens is 552 g/mol. The van der Waals surface area contributed by atoms with Crippen LogP contribution in [-0.4, -0.2) is 74.6 Å². The van der Waals surface area contributed by atoms with E-state index in [0.717, 1.165) is 30.0 Å². The van der Waals surface area contributed by atoms with Crippen molar-refractivity contribution in [1.82, 2.24) is 34.7 Å². The molecule has 0 radical (unpaired) electrons. The molecule has 0 aliphatic heterocycles. The van der Waals surface area contributed by atoms with Gasteiger partial charge in [0.1, 0.15) is 29.4 Å². The highest BCUT2D eigenvalue weighted by Gasteiger charge is 2.22. The molecule has 3 N–H and O–H groups in total. The van der Waals surface area contributed by atoms with Crippen LogP contribution < -0.4 is 16.2 Å². The van der Waals surface area contributed by atoms with Crippen molar-refractivity contribution in [2.45, 2.75) is 70.4 Å². The van der Waals surface area contributed by atoms with Crippen molar-refractivity contribution in [2.24, 2.45) is 5.92 Å². The lowest BCUT2D eigenvalue weighted by Gasteiger charge is -2.21. The van der Waals surface area contributed by atoms with Crippen LogP contribution in [0.3, 0.4) is 0 Å². The number of aromatic amines is 1. The van der Waals surface area contributed by atoms with Crippen LogP contribution in [0.15, 0.2) is 41.6 Å². The van der Waals surface area contributed by atoms with Crippen molar-refractivity contribution in [3.63, 3.8) is 0 Å². The van der Waals surface area contributed by atoms with Gasteiger partial charge in [0.15, 0.2) is 5.65 Å². The highest BCUT2D eigenvalue weighted by Crippen LogP contribution is 2.28. The first-order chi connectivity index (χ1) is 20.7. The molecule has 13 heteroatoms. The number of amides is 3. The fourth-order valence-corrected chi connectivity index (χ4v) is 5.21. The van der Waals surface area contributed by atoms with Crippen molar-refractivity contribution in [3.05, 3.63) is 58.7 Å². The van der Waals surface area contributed by atoms with E-state index in [0.29, 0.717) is 17.9 Å². The maximum atomic E-state index is 13.3. The maximum absolute atomic E-state index is 13.3. The summed E-state index contributed by atoms with van der Waals surface area (Å²) < 4.78 is 6.08. The van der Waals surface area contributed by atoms with Gasteiger partial charge in [-0.05, 0) is 49.8 Å². The number of pyridine rings is 1. The lowest BCUT2D eigenvalue weighted by molar-refractivity contribution is -0.123. The molecule has 1 atom stereocenters. The molecule has 0 spiro atoms. The summed E-state index contributed by atoms with van der Waals surface area (Å²) in [6.07, 6.45) is 14.3. The van der Waals surface area contributed by atoms with Crippen molar-refractivity contribution in [1.29, 1.82) is 0 Å². The quantitative estimate of drug-likeness (QED) is 0.270. The number of methoxy groups -OCH3 is 1. The average Bonchev–Trinajstić information content (AvgIpc) is 3.43. The molecule has 0 bridgehead atoms. The summed E-state index contributed by atoms with van der Waals surface area (Å²) >= 11 is 0. The van der Waals surface area contributed by atoms with Crippen molar-refractivity contribution < 1.29 is 19.1 Å². The fraction of sp³-hybridized carbons (Fsp3) is 0.500.